The molecule has 0 spiro atoms. The fourth-order valence-corrected chi connectivity index (χ4v) is 3.28. The zero-order valence-corrected chi connectivity index (χ0v) is 17.2. The van der Waals surface area contributed by atoms with Gasteiger partial charge >= 0.3 is 0 Å². The second-order valence-electron chi connectivity index (χ2n) is 6.29. The van der Waals surface area contributed by atoms with Gasteiger partial charge in [0.2, 0.25) is 0 Å². The molecule has 1 aromatic rings. The molecular formula is C16H29IN6O2. The lowest BCUT2D eigenvalue weighted by Gasteiger charge is -2.37. The molecule has 2 aliphatic heterocycles. The number of hydrogen-bond acceptors (Lipinski definition) is 5. The third kappa shape index (κ3) is 6.07. The largest absolute Gasteiger partial charge is 0.375 e. The molecule has 2 atom stereocenters. The van der Waals surface area contributed by atoms with Crippen molar-refractivity contribution in [3.63, 3.8) is 0 Å². The second kappa shape index (κ2) is 10.9. The summed E-state index contributed by atoms with van der Waals surface area (Å²) in [5, 5.41) is 11.1. The number of aromatic nitrogens is 3. The van der Waals surface area contributed by atoms with Crippen LogP contribution in [0.25, 0.3) is 0 Å². The Morgan fingerprint density at radius 1 is 1.20 bits per heavy atom. The number of aliphatic imine (C=N–C) groups is 1. The summed E-state index contributed by atoms with van der Waals surface area (Å²) in [6, 6.07) is 0. The number of nitrogens with zero attached hydrogens (tertiary/aromatic N) is 5. The smallest absolute Gasteiger partial charge is 0.193 e. The minimum atomic E-state index is 0. The molecule has 2 fully saturated rings. The summed E-state index contributed by atoms with van der Waals surface area (Å²) in [5.74, 6) is 0.964. The second-order valence-corrected chi connectivity index (χ2v) is 6.29. The van der Waals surface area contributed by atoms with E-state index in [-0.39, 0.29) is 36.2 Å². The molecule has 9 heteroatoms. The van der Waals surface area contributed by atoms with Crippen molar-refractivity contribution in [2.45, 2.75) is 44.4 Å². The highest BCUT2D eigenvalue weighted by atomic mass is 127. The number of halogens is 1. The lowest BCUT2D eigenvalue weighted by atomic mass is 10.1. The summed E-state index contributed by atoms with van der Waals surface area (Å²) in [4.78, 5) is 6.72. The highest BCUT2D eigenvalue weighted by Gasteiger charge is 2.32. The first-order chi connectivity index (χ1) is 11.9. The number of rotatable bonds is 6. The number of hydrogen-bond donors (Lipinski definition) is 1. The van der Waals surface area contributed by atoms with E-state index in [4.69, 9.17) is 9.47 Å². The summed E-state index contributed by atoms with van der Waals surface area (Å²) in [7, 11) is 1.84. The normalized spacial score (nSPS) is 24.2. The highest BCUT2D eigenvalue weighted by Crippen LogP contribution is 2.20. The predicted octanol–water partition coefficient (Wildman–Crippen LogP) is 1.13. The molecule has 3 rings (SSSR count). The molecule has 1 aromatic heterocycles. The first-order valence-electron chi connectivity index (χ1n) is 8.88. The Morgan fingerprint density at radius 2 is 2.00 bits per heavy atom. The van der Waals surface area contributed by atoms with Crippen LogP contribution < -0.4 is 5.32 Å². The molecule has 0 aliphatic carbocycles. The summed E-state index contributed by atoms with van der Waals surface area (Å²) >= 11 is 0. The van der Waals surface area contributed by atoms with Gasteiger partial charge in [-0.15, -0.1) is 34.2 Å². The molecule has 0 bridgehead atoms. The molecule has 0 aromatic carbocycles. The van der Waals surface area contributed by atoms with Crippen LogP contribution in [0.4, 0.5) is 0 Å². The van der Waals surface area contributed by atoms with Crippen LogP contribution in [0.5, 0.6) is 0 Å². The molecule has 8 nitrogen and oxygen atoms in total. The van der Waals surface area contributed by atoms with Crippen molar-refractivity contribution in [3.05, 3.63) is 12.7 Å². The van der Waals surface area contributed by atoms with E-state index in [1.54, 1.807) is 12.7 Å². The first kappa shape index (κ1) is 20.4. The Balaban J connectivity index is 0.00000225. The van der Waals surface area contributed by atoms with Crippen LogP contribution in [-0.4, -0.2) is 77.7 Å². The maximum Gasteiger partial charge on any atom is 0.193 e. The van der Waals surface area contributed by atoms with Gasteiger partial charge in [0.05, 0.1) is 12.7 Å². The molecule has 2 saturated heterocycles. The van der Waals surface area contributed by atoms with E-state index >= 15 is 0 Å². The first-order valence-corrected chi connectivity index (χ1v) is 8.88. The van der Waals surface area contributed by atoms with Crippen LogP contribution in [0.1, 0.15) is 25.7 Å². The topological polar surface area (TPSA) is 76.8 Å². The van der Waals surface area contributed by atoms with Crippen LogP contribution in [0.15, 0.2) is 17.6 Å². The standard InChI is InChI=1S/C16H28N6O2.HI/c1-17-16(18-6-2-3-7-21-12-19-20-13-21)22-8-10-24-15(11-22)14-5-4-9-23-14;/h12-15H,2-11H2,1H3,(H,17,18);1H. The van der Waals surface area contributed by atoms with Gasteiger partial charge < -0.3 is 24.3 Å². The molecule has 25 heavy (non-hydrogen) atoms. The lowest BCUT2D eigenvalue weighted by molar-refractivity contribution is -0.0816. The number of aryl methyl sites for hydroxylation is 1. The molecule has 0 amide bonds. The minimum absolute atomic E-state index is 0. The van der Waals surface area contributed by atoms with Crippen molar-refractivity contribution in [1.29, 1.82) is 0 Å². The minimum Gasteiger partial charge on any atom is -0.375 e. The third-order valence-electron chi connectivity index (χ3n) is 4.58. The number of guanidine groups is 1. The van der Waals surface area contributed by atoms with Crippen LogP contribution in [0, 0.1) is 0 Å². The van der Waals surface area contributed by atoms with Gasteiger partial charge in [-0.25, -0.2) is 0 Å². The molecular weight excluding hydrogens is 435 g/mol. The number of nitrogens with one attached hydrogen (secondary N) is 1. The van der Waals surface area contributed by atoms with Gasteiger partial charge in [0.15, 0.2) is 5.96 Å². The summed E-state index contributed by atoms with van der Waals surface area (Å²) in [5.41, 5.74) is 0. The lowest BCUT2D eigenvalue weighted by Crippen LogP contribution is -2.53. The Bertz CT molecular complexity index is 507. The van der Waals surface area contributed by atoms with Gasteiger partial charge in [-0.3, -0.25) is 4.99 Å². The van der Waals surface area contributed by atoms with Crippen LogP contribution >= 0.6 is 24.0 Å². The molecule has 1 N–H and O–H groups in total. The number of ether oxygens (including phenoxy) is 2. The van der Waals surface area contributed by atoms with E-state index < -0.39 is 0 Å². The zero-order chi connectivity index (χ0) is 16.6. The highest BCUT2D eigenvalue weighted by molar-refractivity contribution is 14.0. The maximum atomic E-state index is 5.91. The average Bonchev–Trinajstić information content (AvgIpc) is 3.32. The van der Waals surface area contributed by atoms with Crippen molar-refractivity contribution in [2.24, 2.45) is 4.99 Å². The molecule has 142 valence electrons. The van der Waals surface area contributed by atoms with Gasteiger partial charge in [0.1, 0.15) is 18.8 Å². The van der Waals surface area contributed by atoms with Crippen molar-refractivity contribution in [1.82, 2.24) is 25.0 Å². The fraction of sp³-hybridized carbons (Fsp3) is 0.812. The number of unbranched alkanes of at least 4 members (excludes halogenated alkanes) is 1. The fourth-order valence-electron chi connectivity index (χ4n) is 3.28. The molecule has 2 aliphatic rings. The van der Waals surface area contributed by atoms with Gasteiger partial charge in [-0.1, -0.05) is 0 Å². The quantitative estimate of drug-likeness (QED) is 0.295. The summed E-state index contributed by atoms with van der Waals surface area (Å²) in [6.45, 7) is 5.19. The van der Waals surface area contributed by atoms with Crippen molar-refractivity contribution in [2.75, 3.05) is 39.9 Å². The van der Waals surface area contributed by atoms with Gasteiger partial charge in [-0.05, 0) is 25.7 Å². The zero-order valence-electron chi connectivity index (χ0n) is 14.8. The monoisotopic (exact) mass is 464 g/mol. The van der Waals surface area contributed by atoms with E-state index in [1.807, 2.05) is 11.6 Å². The maximum absolute atomic E-state index is 5.91. The Hall–Kier alpha value is -0.940. The van der Waals surface area contributed by atoms with E-state index in [1.165, 1.54) is 0 Å². The third-order valence-corrected chi connectivity index (χ3v) is 4.58. The van der Waals surface area contributed by atoms with Crippen molar-refractivity contribution >= 4 is 29.9 Å². The van der Waals surface area contributed by atoms with E-state index in [0.29, 0.717) is 0 Å². The Kier molecular flexibility index (Phi) is 8.90. The Morgan fingerprint density at radius 3 is 2.72 bits per heavy atom. The number of morpholine rings is 1. The van der Waals surface area contributed by atoms with Gasteiger partial charge in [-0.2, -0.15) is 0 Å². The van der Waals surface area contributed by atoms with Crippen molar-refractivity contribution < 1.29 is 9.47 Å². The van der Waals surface area contributed by atoms with Crippen LogP contribution in [0.3, 0.4) is 0 Å². The molecule has 0 saturated carbocycles. The predicted molar refractivity (Wildman–Crippen MR) is 106 cm³/mol. The molecule has 0 radical (unpaired) electrons. The van der Waals surface area contributed by atoms with Gasteiger partial charge in [0, 0.05) is 39.8 Å². The molecule has 3 heterocycles. The average molecular weight is 464 g/mol. The summed E-state index contributed by atoms with van der Waals surface area (Å²) < 4.78 is 13.7. The van der Waals surface area contributed by atoms with E-state index in [9.17, 15) is 0 Å². The van der Waals surface area contributed by atoms with Crippen LogP contribution in [-0.2, 0) is 16.0 Å². The Labute approximate surface area is 166 Å². The van der Waals surface area contributed by atoms with Crippen molar-refractivity contribution in [3.8, 4) is 0 Å². The van der Waals surface area contributed by atoms with Crippen LogP contribution in [0.2, 0.25) is 0 Å². The molecule has 2 unspecified atom stereocenters. The van der Waals surface area contributed by atoms with Gasteiger partial charge in [0.25, 0.3) is 0 Å². The summed E-state index contributed by atoms with van der Waals surface area (Å²) in [6.07, 6.45) is 8.33. The SMILES string of the molecule is CN=C(NCCCCn1cnnc1)N1CCOC(C2CCCO2)C1.I. The van der Waals surface area contributed by atoms with E-state index in [0.717, 1.165) is 71.0 Å². The van der Waals surface area contributed by atoms with E-state index in [2.05, 4.69) is 25.4 Å².